The molecule has 0 saturated carbocycles. The molecule has 110 valence electrons. The molecule has 1 atom stereocenters. The number of pyridine rings is 1. The maximum atomic E-state index is 12.3. The van der Waals surface area contributed by atoms with E-state index in [9.17, 15) is 4.79 Å². The summed E-state index contributed by atoms with van der Waals surface area (Å²) in [6, 6.07) is 8.96. The van der Waals surface area contributed by atoms with Crippen molar-refractivity contribution in [3.8, 4) is 0 Å². The third-order valence-electron chi connectivity index (χ3n) is 3.04. The minimum atomic E-state index is -0.254. The van der Waals surface area contributed by atoms with Gasteiger partial charge in [-0.05, 0) is 46.1 Å². The summed E-state index contributed by atoms with van der Waals surface area (Å²) in [5, 5.41) is 3.81. The summed E-state index contributed by atoms with van der Waals surface area (Å²) in [6.45, 7) is 2.00. The Kier molecular flexibility index (Phi) is 5.62. The van der Waals surface area contributed by atoms with Gasteiger partial charge in [-0.25, -0.2) is 4.98 Å². The first-order valence-corrected chi connectivity index (χ1v) is 7.93. The Bertz CT molecular complexity index is 647. The number of rotatable bonds is 4. The highest BCUT2D eigenvalue weighted by Crippen LogP contribution is 2.22. The normalized spacial score (nSPS) is 12.0. The van der Waals surface area contributed by atoms with E-state index in [2.05, 4.69) is 26.2 Å². The molecule has 2 rings (SSSR count). The van der Waals surface area contributed by atoms with Gasteiger partial charge in [-0.3, -0.25) is 4.79 Å². The maximum Gasteiger partial charge on any atom is 0.254 e. The first-order valence-electron chi connectivity index (χ1n) is 6.38. The smallest absolute Gasteiger partial charge is 0.254 e. The van der Waals surface area contributed by atoms with E-state index in [-0.39, 0.29) is 17.1 Å². The van der Waals surface area contributed by atoms with Crippen LogP contribution in [0, 0.1) is 0 Å². The molecule has 6 heteroatoms. The fraction of sp³-hybridized carbons (Fsp3) is 0.200. The average Bonchev–Trinajstić information content (AvgIpc) is 2.48. The maximum absolute atomic E-state index is 12.3. The van der Waals surface area contributed by atoms with Crippen molar-refractivity contribution in [1.29, 1.82) is 0 Å². The summed E-state index contributed by atoms with van der Waals surface area (Å²) in [5.41, 5.74) is 1.34. The van der Waals surface area contributed by atoms with Crippen molar-refractivity contribution in [3.63, 3.8) is 0 Å². The van der Waals surface area contributed by atoms with E-state index in [0.717, 1.165) is 12.0 Å². The van der Waals surface area contributed by atoms with Gasteiger partial charge in [-0.2, -0.15) is 0 Å². The van der Waals surface area contributed by atoms with Gasteiger partial charge in [0.25, 0.3) is 5.91 Å². The average molecular weight is 388 g/mol. The molecule has 1 aromatic heterocycles. The highest BCUT2D eigenvalue weighted by Gasteiger charge is 2.17. The van der Waals surface area contributed by atoms with E-state index in [1.807, 2.05) is 19.1 Å². The molecule has 0 aliphatic rings. The van der Waals surface area contributed by atoms with Crippen LogP contribution in [0.2, 0.25) is 10.2 Å². The molecule has 1 amide bonds. The number of nitrogens with zero attached hydrogens (tertiary/aromatic N) is 1. The molecular formula is C15H13BrCl2N2O. The van der Waals surface area contributed by atoms with E-state index in [4.69, 9.17) is 23.2 Å². The van der Waals surface area contributed by atoms with Crippen LogP contribution in [0.4, 0.5) is 0 Å². The summed E-state index contributed by atoms with van der Waals surface area (Å²) in [7, 11) is 0. The number of amides is 1. The van der Waals surface area contributed by atoms with Crippen molar-refractivity contribution in [2.24, 2.45) is 0 Å². The summed E-state index contributed by atoms with van der Waals surface area (Å²) in [5.74, 6) is -0.254. The van der Waals surface area contributed by atoms with E-state index >= 15 is 0 Å². The number of aromatic nitrogens is 1. The first-order chi connectivity index (χ1) is 10.0. The lowest BCUT2D eigenvalue weighted by Crippen LogP contribution is -2.28. The third-order valence-corrected chi connectivity index (χ3v) is 4.02. The van der Waals surface area contributed by atoms with Gasteiger partial charge >= 0.3 is 0 Å². The van der Waals surface area contributed by atoms with E-state index < -0.39 is 0 Å². The van der Waals surface area contributed by atoms with Gasteiger partial charge in [-0.15, -0.1) is 0 Å². The lowest BCUT2D eigenvalue weighted by Gasteiger charge is -2.18. The number of nitrogens with one attached hydrogen (secondary N) is 1. The number of hydrogen-bond acceptors (Lipinski definition) is 2. The van der Waals surface area contributed by atoms with Gasteiger partial charge in [0.2, 0.25) is 0 Å². The Morgan fingerprint density at radius 1 is 1.33 bits per heavy atom. The van der Waals surface area contributed by atoms with Gasteiger partial charge in [0.15, 0.2) is 0 Å². The number of carbonyl (C=O) groups is 1. The molecule has 1 unspecified atom stereocenters. The van der Waals surface area contributed by atoms with Crippen LogP contribution in [-0.2, 0) is 0 Å². The Hall–Kier alpha value is -1.10. The van der Waals surface area contributed by atoms with E-state index in [1.165, 1.54) is 0 Å². The Morgan fingerprint density at radius 2 is 2.00 bits per heavy atom. The van der Waals surface area contributed by atoms with E-state index in [0.29, 0.717) is 15.1 Å². The monoisotopic (exact) mass is 386 g/mol. The minimum Gasteiger partial charge on any atom is -0.345 e. The van der Waals surface area contributed by atoms with Crippen LogP contribution in [0.15, 0.2) is 41.0 Å². The molecule has 21 heavy (non-hydrogen) atoms. The highest BCUT2D eigenvalue weighted by molar-refractivity contribution is 9.10. The summed E-state index contributed by atoms with van der Waals surface area (Å²) in [4.78, 5) is 16.3. The lowest BCUT2D eigenvalue weighted by atomic mass is 10.0. The Balaban J connectivity index is 2.20. The van der Waals surface area contributed by atoms with Crippen LogP contribution < -0.4 is 5.32 Å². The van der Waals surface area contributed by atoms with Crippen molar-refractivity contribution >= 4 is 45.0 Å². The molecule has 0 fully saturated rings. The van der Waals surface area contributed by atoms with Crippen molar-refractivity contribution in [1.82, 2.24) is 10.3 Å². The Labute approximate surface area is 141 Å². The second-order valence-electron chi connectivity index (χ2n) is 4.48. The molecule has 0 bridgehead atoms. The van der Waals surface area contributed by atoms with Gasteiger partial charge < -0.3 is 5.32 Å². The fourth-order valence-electron chi connectivity index (χ4n) is 1.93. The van der Waals surface area contributed by atoms with Gasteiger partial charge in [0, 0.05) is 15.7 Å². The largest absolute Gasteiger partial charge is 0.345 e. The first kappa shape index (κ1) is 16.3. The highest BCUT2D eigenvalue weighted by atomic mass is 79.9. The molecule has 0 saturated heterocycles. The molecule has 2 aromatic rings. The topological polar surface area (TPSA) is 42.0 Å². The molecule has 1 aromatic carbocycles. The summed E-state index contributed by atoms with van der Waals surface area (Å²) >= 11 is 15.1. The van der Waals surface area contributed by atoms with Crippen LogP contribution in [0.3, 0.4) is 0 Å². The van der Waals surface area contributed by atoms with Crippen molar-refractivity contribution in [2.75, 3.05) is 0 Å². The van der Waals surface area contributed by atoms with E-state index in [1.54, 1.807) is 24.4 Å². The standard InChI is InChI=1S/C15H13BrCl2N2O/c1-2-13(9-3-5-11(17)6-4-9)20-15(21)12-7-10(16)8-19-14(12)18/h3-8,13H,2H2,1H3,(H,20,21). The van der Waals surface area contributed by atoms with Crippen LogP contribution in [-0.4, -0.2) is 10.9 Å². The number of carbonyl (C=O) groups excluding carboxylic acids is 1. The second kappa shape index (κ2) is 7.25. The Morgan fingerprint density at radius 3 is 2.62 bits per heavy atom. The van der Waals surface area contributed by atoms with Crippen molar-refractivity contribution < 1.29 is 4.79 Å². The molecular weight excluding hydrogens is 375 g/mol. The SMILES string of the molecule is CCC(NC(=O)c1cc(Br)cnc1Cl)c1ccc(Cl)cc1. The zero-order valence-electron chi connectivity index (χ0n) is 11.2. The zero-order valence-corrected chi connectivity index (χ0v) is 14.3. The lowest BCUT2D eigenvalue weighted by molar-refractivity contribution is 0.0935. The number of benzene rings is 1. The predicted molar refractivity (Wildman–Crippen MR) is 88.9 cm³/mol. The molecule has 3 nitrogen and oxygen atoms in total. The number of hydrogen-bond donors (Lipinski definition) is 1. The minimum absolute atomic E-state index is 0.107. The quantitative estimate of drug-likeness (QED) is 0.747. The van der Waals surface area contributed by atoms with Gasteiger partial charge in [0.05, 0.1) is 11.6 Å². The molecule has 0 aliphatic carbocycles. The molecule has 0 aliphatic heterocycles. The predicted octanol–water partition coefficient (Wildman–Crippen LogP) is 5.03. The fourth-order valence-corrected chi connectivity index (χ4v) is 2.58. The molecule has 0 radical (unpaired) electrons. The van der Waals surface area contributed by atoms with Crippen LogP contribution in [0.1, 0.15) is 35.3 Å². The van der Waals surface area contributed by atoms with Crippen LogP contribution in [0.5, 0.6) is 0 Å². The van der Waals surface area contributed by atoms with Gasteiger partial charge in [-0.1, -0.05) is 42.3 Å². The van der Waals surface area contributed by atoms with Gasteiger partial charge in [0.1, 0.15) is 5.15 Å². The summed E-state index contributed by atoms with van der Waals surface area (Å²) < 4.78 is 0.705. The molecule has 1 N–H and O–H groups in total. The van der Waals surface area contributed by atoms with Crippen LogP contribution >= 0.6 is 39.1 Å². The van der Waals surface area contributed by atoms with Crippen molar-refractivity contribution in [3.05, 3.63) is 62.3 Å². The summed E-state index contributed by atoms with van der Waals surface area (Å²) in [6.07, 6.45) is 2.31. The van der Waals surface area contributed by atoms with Crippen LogP contribution in [0.25, 0.3) is 0 Å². The van der Waals surface area contributed by atoms with Crippen molar-refractivity contribution in [2.45, 2.75) is 19.4 Å². The molecule has 1 heterocycles. The second-order valence-corrected chi connectivity index (χ2v) is 6.19. The third kappa shape index (κ3) is 4.19. The molecule has 0 spiro atoms. The zero-order chi connectivity index (χ0) is 15.4. The number of halogens is 3.